The number of rotatable bonds is 7. The Kier molecular flexibility index (Phi) is 7.84. The molecule has 0 aromatic heterocycles. The second-order valence-corrected chi connectivity index (χ2v) is 8.66. The summed E-state index contributed by atoms with van der Waals surface area (Å²) in [4.78, 5) is 0. The Morgan fingerprint density at radius 3 is 2.04 bits per heavy atom. The first kappa shape index (κ1) is 20.5. The van der Waals surface area contributed by atoms with E-state index in [0.717, 1.165) is 30.2 Å². The molecule has 0 saturated heterocycles. The van der Waals surface area contributed by atoms with E-state index in [1.54, 1.807) is 6.07 Å². The van der Waals surface area contributed by atoms with Gasteiger partial charge >= 0.3 is 0 Å². The van der Waals surface area contributed by atoms with Crippen molar-refractivity contribution in [1.29, 1.82) is 0 Å². The summed E-state index contributed by atoms with van der Waals surface area (Å²) in [6, 6.07) is 4.41. The minimum absolute atomic E-state index is 0.246. The molecule has 0 amide bonds. The lowest BCUT2D eigenvalue weighted by Gasteiger charge is -2.31. The molecule has 0 spiro atoms. The minimum atomic E-state index is -0.750. The zero-order chi connectivity index (χ0) is 19.1. The molecular weight excluding hydrogens is 345 g/mol. The van der Waals surface area contributed by atoms with Crippen LogP contribution in [0.25, 0.3) is 0 Å². The van der Waals surface area contributed by atoms with E-state index in [4.69, 9.17) is 0 Å². The van der Waals surface area contributed by atoms with Crippen molar-refractivity contribution in [3.05, 3.63) is 47.5 Å². The first-order chi connectivity index (χ1) is 13.2. The topological polar surface area (TPSA) is 0 Å². The predicted octanol–water partition coefficient (Wildman–Crippen LogP) is 7.74. The highest BCUT2D eigenvalue weighted by Gasteiger charge is 2.25. The van der Waals surface area contributed by atoms with Crippen molar-refractivity contribution in [1.82, 2.24) is 0 Å². The molecular formula is C24H33F3. The lowest BCUT2D eigenvalue weighted by Crippen LogP contribution is -2.17. The normalized spacial score (nSPS) is 29.3. The number of allylic oxidation sites excluding steroid dienone is 2. The number of halogens is 3. The van der Waals surface area contributed by atoms with Gasteiger partial charge in [0, 0.05) is 0 Å². The van der Waals surface area contributed by atoms with E-state index in [1.807, 2.05) is 6.08 Å². The highest BCUT2D eigenvalue weighted by atomic mass is 19.2. The molecule has 3 heteroatoms. The Balaban J connectivity index is 1.35. The summed E-state index contributed by atoms with van der Waals surface area (Å²) < 4.78 is 38.7. The van der Waals surface area contributed by atoms with Gasteiger partial charge in [-0.15, -0.1) is 0 Å². The van der Waals surface area contributed by atoms with E-state index in [1.165, 1.54) is 63.5 Å². The van der Waals surface area contributed by atoms with Crippen LogP contribution in [0.4, 0.5) is 13.2 Å². The smallest absolute Gasteiger partial charge is 0.159 e. The Bertz CT molecular complexity index is 594. The van der Waals surface area contributed by atoms with Crippen LogP contribution in [0.5, 0.6) is 0 Å². The molecule has 150 valence electrons. The van der Waals surface area contributed by atoms with Crippen LogP contribution in [0.15, 0.2) is 30.4 Å². The molecule has 0 N–H and O–H groups in total. The van der Waals surface area contributed by atoms with E-state index < -0.39 is 11.6 Å². The van der Waals surface area contributed by atoms with Crippen molar-refractivity contribution in [2.75, 3.05) is 6.67 Å². The molecule has 0 radical (unpaired) electrons. The summed E-state index contributed by atoms with van der Waals surface area (Å²) in [5.74, 6) is 1.25. The maximum atomic E-state index is 13.5. The molecule has 0 heterocycles. The van der Waals surface area contributed by atoms with Crippen LogP contribution < -0.4 is 0 Å². The van der Waals surface area contributed by atoms with Crippen LogP contribution in [-0.4, -0.2) is 6.67 Å². The van der Waals surface area contributed by atoms with Crippen molar-refractivity contribution in [2.45, 2.75) is 76.5 Å². The van der Waals surface area contributed by atoms with E-state index in [2.05, 4.69) is 6.08 Å². The summed E-state index contributed by atoms with van der Waals surface area (Å²) in [5, 5.41) is 0. The zero-order valence-electron chi connectivity index (χ0n) is 16.3. The Morgan fingerprint density at radius 1 is 0.815 bits per heavy atom. The fraction of sp³-hybridized carbons (Fsp3) is 0.667. The lowest BCUT2D eigenvalue weighted by atomic mass is 9.74. The fourth-order valence-electron chi connectivity index (χ4n) is 5.04. The molecule has 3 rings (SSSR count). The minimum Gasteiger partial charge on any atom is -0.251 e. The first-order valence-electron chi connectivity index (χ1n) is 10.8. The van der Waals surface area contributed by atoms with E-state index in [-0.39, 0.29) is 6.67 Å². The lowest BCUT2D eigenvalue weighted by molar-refractivity contribution is 0.246. The van der Waals surface area contributed by atoms with Crippen LogP contribution >= 0.6 is 0 Å². The van der Waals surface area contributed by atoms with E-state index in [0.29, 0.717) is 18.3 Å². The summed E-state index contributed by atoms with van der Waals surface area (Å²) in [5.41, 5.74) is 0.964. The molecule has 2 saturated carbocycles. The van der Waals surface area contributed by atoms with Gasteiger partial charge in [-0.25, -0.2) is 8.78 Å². The molecule has 1 aromatic rings. The van der Waals surface area contributed by atoms with Gasteiger partial charge in [-0.05, 0) is 99.2 Å². The largest absolute Gasteiger partial charge is 0.251 e. The zero-order valence-corrected chi connectivity index (χ0v) is 16.3. The summed E-state index contributed by atoms with van der Waals surface area (Å²) in [6.45, 7) is -0.246. The Morgan fingerprint density at radius 2 is 1.44 bits per heavy atom. The molecule has 0 atom stereocenters. The van der Waals surface area contributed by atoms with E-state index >= 15 is 0 Å². The fourth-order valence-corrected chi connectivity index (χ4v) is 5.04. The van der Waals surface area contributed by atoms with Gasteiger partial charge in [0.2, 0.25) is 0 Å². The van der Waals surface area contributed by atoms with Crippen LogP contribution in [-0.2, 0) is 0 Å². The van der Waals surface area contributed by atoms with Crippen molar-refractivity contribution in [3.63, 3.8) is 0 Å². The number of alkyl halides is 1. The Hall–Kier alpha value is -1.25. The van der Waals surface area contributed by atoms with Crippen molar-refractivity contribution in [3.8, 4) is 0 Å². The number of hydrogen-bond donors (Lipinski definition) is 0. The van der Waals surface area contributed by atoms with Crippen LogP contribution in [0, 0.1) is 29.4 Å². The summed E-state index contributed by atoms with van der Waals surface area (Å²) in [6.07, 6.45) is 17.2. The van der Waals surface area contributed by atoms with Crippen LogP contribution in [0.2, 0.25) is 0 Å². The van der Waals surface area contributed by atoms with Gasteiger partial charge in [-0.1, -0.05) is 31.1 Å². The molecule has 0 unspecified atom stereocenters. The molecule has 1 aromatic carbocycles. The molecule has 2 aliphatic rings. The Labute approximate surface area is 162 Å². The standard InChI is InChI=1S/C24H33F3/c25-16-2-1-3-18-4-6-19(7-5-18)8-9-20-10-12-21(13-11-20)22-14-15-23(26)24(27)17-22/h1,3,14-15,17-21H,2,4-13,16H2. The maximum absolute atomic E-state index is 13.5. The van der Waals surface area contributed by atoms with Crippen molar-refractivity contribution in [2.24, 2.45) is 17.8 Å². The predicted molar refractivity (Wildman–Crippen MR) is 105 cm³/mol. The number of benzene rings is 1. The number of hydrogen-bond acceptors (Lipinski definition) is 0. The van der Waals surface area contributed by atoms with E-state index in [9.17, 15) is 13.2 Å². The highest BCUT2D eigenvalue weighted by molar-refractivity contribution is 5.22. The third kappa shape index (κ3) is 6.12. The quantitative estimate of drug-likeness (QED) is 0.426. The van der Waals surface area contributed by atoms with Crippen molar-refractivity contribution >= 4 is 0 Å². The second-order valence-electron chi connectivity index (χ2n) is 8.66. The average molecular weight is 379 g/mol. The second kappa shape index (κ2) is 10.3. The van der Waals surface area contributed by atoms with Gasteiger partial charge in [0.25, 0.3) is 0 Å². The molecule has 0 bridgehead atoms. The summed E-state index contributed by atoms with van der Waals surface area (Å²) in [7, 11) is 0. The molecule has 2 fully saturated rings. The van der Waals surface area contributed by atoms with Crippen molar-refractivity contribution < 1.29 is 13.2 Å². The third-order valence-electron chi connectivity index (χ3n) is 6.82. The van der Waals surface area contributed by atoms with Crippen LogP contribution in [0.1, 0.15) is 82.1 Å². The molecule has 27 heavy (non-hydrogen) atoms. The van der Waals surface area contributed by atoms with Crippen LogP contribution in [0.3, 0.4) is 0 Å². The highest BCUT2D eigenvalue weighted by Crippen LogP contribution is 2.40. The van der Waals surface area contributed by atoms with Gasteiger partial charge in [0.15, 0.2) is 11.6 Å². The van der Waals surface area contributed by atoms with Gasteiger partial charge in [-0.3, -0.25) is 4.39 Å². The molecule has 0 nitrogen and oxygen atoms in total. The maximum Gasteiger partial charge on any atom is 0.159 e. The van der Waals surface area contributed by atoms with Gasteiger partial charge in [0.05, 0.1) is 6.67 Å². The SMILES string of the molecule is FCCC=CC1CCC(CCC2CCC(c3ccc(F)c(F)c3)CC2)CC1. The van der Waals surface area contributed by atoms with Gasteiger partial charge < -0.3 is 0 Å². The third-order valence-corrected chi connectivity index (χ3v) is 6.82. The first-order valence-corrected chi connectivity index (χ1v) is 10.8. The average Bonchev–Trinajstić information content (AvgIpc) is 2.70. The monoisotopic (exact) mass is 378 g/mol. The van der Waals surface area contributed by atoms with Gasteiger partial charge in [0.1, 0.15) is 0 Å². The summed E-state index contributed by atoms with van der Waals surface area (Å²) >= 11 is 0. The molecule has 0 aliphatic heterocycles. The molecule has 2 aliphatic carbocycles. The van der Waals surface area contributed by atoms with Gasteiger partial charge in [-0.2, -0.15) is 0 Å².